The molecule has 0 aromatic heterocycles. The minimum Gasteiger partial charge on any atom is -0.264 e. The van der Waals surface area contributed by atoms with Crippen LogP contribution in [-0.4, -0.2) is 4.92 Å². The van der Waals surface area contributed by atoms with Crippen LogP contribution in [0.25, 0.3) is 0 Å². The number of allylic oxidation sites excluding steroid dienone is 1. The number of hydrogen-bond donors (Lipinski definition) is 0. The van der Waals surface area contributed by atoms with Gasteiger partial charge in [0.2, 0.25) is 6.04 Å². The largest absolute Gasteiger partial charge is 0.264 e. The van der Waals surface area contributed by atoms with E-state index in [9.17, 15) is 10.1 Å². The van der Waals surface area contributed by atoms with E-state index in [1.165, 1.54) is 0 Å². The number of hydrogen-bond acceptors (Lipinski definition) is 2. The van der Waals surface area contributed by atoms with Crippen molar-refractivity contribution in [3.05, 3.63) is 58.2 Å². The second kappa shape index (κ2) is 5.17. The molecule has 0 bridgehead atoms. The number of nitro groups is 1. The quantitative estimate of drug-likeness (QED) is 0.417. The zero-order valence-corrected chi connectivity index (χ0v) is 8.09. The van der Waals surface area contributed by atoms with Crippen LogP contribution in [0.4, 0.5) is 0 Å². The first-order valence-corrected chi connectivity index (χ1v) is 4.55. The molecule has 0 spiro atoms. The lowest BCUT2D eigenvalue weighted by Crippen LogP contribution is -2.09. The van der Waals surface area contributed by atoms with Gasteiger partial charge in [0.1, 0.15) is 0 Å². The molecule has 1 atom stereocenters. The lowest BCUT2D eigenvalue weighted by atomic mass is 10.0. The smallest absolute Gasteiger partial charge is 0.241 e. The molecule has 0 aliphatic rings. The molecule has 0 saturated carbocycles. The molecule has 0 heterocycles. The molecule has 0 aliphatic heterocycles. The summed E-state index contributed by atoms with van der Waals surface area (Å²) in [6, 6.07) is 8.46. The highest BCUT2D eigenvalue weighted by molar-refractivity contribution is 5.17. The van der Waals surface area contributed by atoms with Crippen LogP contribution < -0.4 is 0 Å². The minimum absolute atomic E-state index is 0.241. The first-order chi connectivity index (χ1) is 6.75. The maximum absolute atomic E-state index is 10.8. The molecule has 0 saturated heterocycles. The average Bonchev–Trinajstić information content (AvgIpc) is 2.19. The summed E-state index contributed by atoms with van der Waals surface area (Å²) < 4.78 is 0. The van der Waals surface area contributed by atoms with E-state index in [0.29, 0.717) is 6.42 Å². The van der Waals surface area contributed by atoms with Crippen LogP contribution in [0.2, 0.25) is 0 Å². The van der Waals surface area contributed by atoms with Gasteiger partial charge < -0.3 is 0 Å². The third kappa shape index (κ3) is 2.69. The molecular weight excluding hydrogens is 178 g/mol. The summed E-state index contributed by atoms with van der Waals surface area (Å²) in [5.41, 5.74) is 0.760. The van der Waals surface area contributed by atoms with Crippen LogP contribution in [0, 0.1) is 10.1 Å². The molecule has 0 aliphatic carbocycles. The van der Waals surface area contributed by atoms with E-state index in [1.807, 2.05) is 37.3 Å². The third-order valence-corrected chi connectivity index (χ3v) is 2.03. The third-order valence-electron chi connectivity index (χ3n) is 2.03. The molecule has 74 valence electrons. The van der Waals surface area contributed by atoms with Crippen molar-refractivity contribution in [1.29, 1.82) is 0 Å². The van der Waals surface area contributed by atoms with Crippen molar-refractivity contribution in [3.8, 4) is 0 Å². The maximum atomic E-state index is 10.8. The van der Waals surface area contributed by atoms with Crippen molar-refractivity contribution in [2.24, 2.45) is 0 Å². The van der Waals surface area contributed by atoms with Gasteiger partial charge in [-0.3, -0.25) is 10.1 Å². The highest BCUT2D eigenvalue weighted by Gasteiger charge is 2.19. The first kappa shape index (κ1) is 10.4. The van der Waals surface area contributed by atoms with Gasteiger partial charge in [-0.05, 0) is 6.92 Å². The van der Waals surface area contributed by atoms with Gasteiger partial charge in [-0.1, -0.05) is 42.5 Å². The summed E-state index contributed by atoms with van der Waals surface area (Å²) in [5, 5.41) is 10.8. The van der Waals surface area contributed by atoms with Gasteiger partial charge in [0.05, 0.1) is 0 Å². The Morgan fingerprint density at radius 2 is 2.07 bits per heavy atom. The van der Waals surface area contributed by atoms with Gasteiger partial charge in [0, 0.05) is 16.9 Å². The van der Waals surface area contributed by atoms with Gasteiger partial charge >= 0.3 is 0 Å². The van der Waals surface area contributed by atoms with Crippen LogP contribution in [0.5, 0.6) is 0 Å². The Kier molecular flexibility index (Phi) is 3.85. The number of nitrogens with zero attached hydrogens (tertiary/aromatic N) is 1. The molecule has 3 nitrogen and oxygen atoms in total. The summed E-state index contributed by atoms with van der Waals surface area (Å²) in [7, 11) is 0. The van der Waals surface area contributed by atoms with Crippen LogP contribution in [0.3, 0.4) is 0 Å². The maximum Gasteiger partial charge on any atom is 0.241 e. The van der Waals surface area contributed by atoms with E-state index in [4.69, 9.17) is 0 Å². The molecule has 1 unspecified atom stereocenters. The average molecular weight is 191 g/mol. The van der Waals surface area contributed by atoms with E-state index in [0.717, 1.165) is 5.56 Å². The van der Waals surface area contributed by atoms with Crippen molar-refractivity contribution in [2.75, 3.05) is 0 Å². The second-order valence-electron chi connectivity index (χ2n) is 3.02. The van der Waals surface area contributed by atoms with Gasteiger partial charge in [-0.2, -0.15) is 0 Å². The molecule has 1 aromatic rings. The van der Waals surface area contributed by atoms with Gasteiger partial charge in [-0.15, -0.1) is 0 Å². The van der Waals surface area contributed by atoms with Crippen molar-refractivity contribution in [2.45, 2.75) is 19.4 Å². The van der Waals surface area contributed by atoms with Crippen molar-refractivity contribution in [1.82, 2.24) is 0 Å². The lowest BCUT2D eigenvalue weighted by molar-refractivity contribution is -0.528. The van der Waals surface area contributed by atoms with Crippen molar-refractivity contribution >= 4 is 0 Å². The Labute approximate surface area is 83.2 Å². The van der Waals surface area contributed by atoms with Crippen molar-refractivity contribution in [3.63, 3.8) is 0 Å². The fourth-order valence-corrected chi connectivity index (χ4v) is 1.28. The van der Waals surface area contributed by atoms with Crippen molar-refractivity contribution < 1.29 is 4.92 Å². The summed E-state index contributed by atoms with van der Waals surface area (Å²) >= 11 is 0. The Morgan fingerprint density at radius 3 is 2.57 bits per heavy atom. The standard InChI is InChI=1S/C11H13NO2/c1-2-3-9-11(12(13)14)10-7-5-4-6-8-10/h2-8,11H,9H2,1H3/b3-2+. The Balaban J connectivity index is 2.83. The number of rotatable bonds is 4. The summed E-state index contributed by atoms with van der Waals surface area (Å²) in [6.45, 7) is 1.86. The summed E-state index contributed by atoms with van der Waals surface area (Å²) in [5.74, 6) is 0. The lowest BCUT2D eigenvalue weighted by Gasteiger charge is -2.06. The summed E-state index contributed by atoms with van der Waals surface area (Å²) in [4.78, 5) is 10.5. The molecule has 1 rings (SSSR count). The zero-order chi connectivity index (χ0) is 10.4. The highest BCUT2D eigenvalue weighted by atomic mass is 16.6. The van der Waals surface area contributed by atoms with E-state index < -0.39 is 6.04 Å². The number of benzene rings is 1. The Hall–Kier alpha value is -1.64. The van der Waals surface area contributed by atoms with Crippen LogP contribution in [-0.2, 0) is 0 Å². The summed E-state index contributed by atoms with van der Waals surface area (Å²) in [6.07, 6.45) is 4.10. The molecule has 0 amide bonds. The van der Waals surface area contributed by atoms with Gasteiger partial charge in [0.25, 0.3) is 0 Å². The predicted octanol–water partition coefficient (Wildman–Crippen LogP) is 2.97. The van der Waals surface area contributed by atoms with Gasteiger partial charge in [0.15, 0.2) is 0 Å². The second-order valence-corrected chi connectivity index (χ2v) is 3.02. The van der Waals surface area contributed by atoms with Crippen LogP contribution in [0.1, 0.15) is 24.9 Å². The first-order valence-electron chi connectivity index (χ1n) is 4.55. The van der Waals surface area contributed by atoms with E-state index >= 15 is 0 Å². The zero-order valence-electron chi connectivity index (χ0n) is 8.09. The monoisotopic (exact) mass is 191 g/mol. The van der Waals surface area contributed by atoms with E-state index in [2.05, 4.69) is 0 Å². The molecule has 1 aromatic carbocycles. The van der Waals surface area contributed by atoms with Crippen LogP contribution >= 0.6 is 0 Å². The topological polar surface area (TPSA) is 43.1 Å². The molecule has 0 radical (unpaired) electrons. The molecule has 14 heavy (non-hydrogen) atoms. The molecule has 0 fully saturated rings. The van der Waals surface area contributed by atoms with Crippen LogP contribution in [0.15, 0.2) is 42.5 Å². The van der Waals surface area contributed by atoms with E-state index in [-0.39, 0.29) is 4.92 Å². The SMILES string of the molecule is C/C=C/CC(c1ccccc1)[N+](=O)[O-]. The Bertz CT molecular complexity index is 319. The van der Waals surface area contributed by atoms with Gasteiger partial charge in [-0.25, -0.2) is 0 Å². The fourth-order valence-electron chi connectivity index (χ4n) is 1.28. The molecule has 3 heteroatoms. The predicted molar refractivity (Wildman–Crippen MR) is 55.6 cm³/mol. The fraction of sp³-hybridized carbons (Fsp3) is 0.273. The molecule has 0 N–H and O–H groups in total. The minimum atomic E-state index is -0.618. The van der Waals surface area contributed by atoms with E-state index in [1.54, 1.807) is 12.1 Å². The highest BCUT2D eigenvalue weighted by Crippen LogP contribution is 2.20. The Morgan fingerprint density at radius 1 is 1.43 bits per heavy atom. The molecular formula is C11H13NO2. The normalized spacial score (nSPS) is 12.9.